The summed E-state index contributed by atoms with van der Waals surface area (Å²) in [7, 11) is 0. The molecule has 0 saturated heterocycles. The molecule has 1 N–H and O–H groups in total. The topological polar surface area (TPSA) is 71.4 Å². The van der Waals surface area contributed by atoms with Crippen LogP contribution in [-0.4, -0.2) is 33.2 Å². The van der Waals surface area contributed by atoms with E-state index in [1.165, 1.54) is 0 Å². The molecule has 0 fully saturated rings. The Morgan fingerprint density at radius 2 is 2.08 bits per heavy atom. The van der Waals surface area contributed by atoms with Gasteiger partial charge < -0.3 is 14.7 Å². The van der Waals surface area contributed by atoms with Crippen LogP contribution in [0, 0.1) is 6.92 Å². The van der Waals surface area contributed by atoms with Gasteiger partial charge in [0.15, 0.2) is 11.5 Å². The standard InChI is InChI=1S/C19H18N4O2/c1-13-21-6-4-18(22-13)23-7-8-25-19-16(12-23)9-15(10-17(19)24)14-3-2-5-20-11-14/h2-6,9-11,24H,7-8,12H2,1H3. The number of pyridine rings is 1. The Kier molecular flexibility index (Phi) is 3.93. The molecular formula is C19H18N4O2. The predicted molar refractivity (Wildman–Crippen MR) is 94.7 cm³/mol. The molecule has 0 unspecified atom stereocenters. The maximum atomic E-state index is 10.4. The SMILES string of the molecule is Cc1nccc(N2CCOc3c(O)cc(-c4cccnc4)cc3C2)n1. The van der Waals surface area contributed by atoms with Crippen molar-refractivity contribution in [3.05, 3.63) is 60.3 Å². The molecule has 0 saturated carbocycles. The second-order valence-corrected chi connectivity index (χ2v) is 5.96. The molecule has 2 aromatic heterocycles. The highest BCUT2D eigenvalue weighted by Crippen LogP contribution is 2.37. The monoisotopic (exact) mass is 334 g/mol. The summed E-state index contributed by atoms with van der Waals surface area (Å²) in [5.41, 5.74) is 2.79. The first kappa shape index (κ1) is 15.4. The largest absolute Gasteiger partial charge is 0.504 e. The maximum absolute atomic E-state index is 10.4. The highest BCUT2D eigenvalue weighted by Gasteiger charge is 2.21. The molecule has 0 amide bonds. The summed E-state index contributed by atoms with van der Waals surface area (Å²) in [6.07, 6.45) is 5.27. The van der Waals surface area contributed by atoms with E-state index in [-0.39, 0.29) is 5.75 Å². The number of rotatable bonds is 2. The Hall–Kier alpha value is -3.15. The summed E-state index contributed by atoms with van der Waals surface area (Å²) in [5.74, 6) is 2.28. The van der Waals surface area contributed by atoms with E-state index in [1.807, 2.05) is 31.2 Å². The molecule has 1 aliphatic heterocycles. The van der Waals surface area contributed by atoms with Crippen LogP contribution in [0.4, 0.5) is 5.82 Å². The summed E-state index contributed by atoms with van der Waals surface area (Å²) in [6, 6.07) is 9.50. The quantitative estimate of drug-likeness (QED) is 0.777. The van der Waals surface area contributed by atoms with E-state index in [0.29, 0.717) is 25.4 Å². The van der Waals surface area contributed by atoms with Crippen LogP contribution in [-0.2, 0) is 6.54 Å². The van der Waals surface area contributed by atoms with E-state index in [1.54, 1.807) is 24.7 Å². The first-order valence-electron chi connectivity index (χ1n) is 8.14. The molecule has 0 radical (unpaired) electrons. The van der Waals surface area contributed by atoms with Gasteiger partial charge in [-0.15, -0.1) is 0 Å². The van der Waals surface area contributed by atoms with Crippen LogP contribution >= 0.6 is 0 Å². The lowest BCUT2D eigenvalue weighted by atomic mass is 10.0. The van der Waals surface area contributed by atoms with Crippen molar-refractivity contribution in [2.45, 2.75) is 13.5 Å². The lowest BCUT2D eigenvalue weighted by Gasteiger charge is -2.21. The van der Waals surface area contributed by atoms with Gasteiger partial charge in [-0.3, -0.25) is 4.98 Å². The fourth-order valence-corrected chi connectivity index (χ4v) is 3.01. The van der Waals surface area contributed by atoms with Crippen molar-refractivity contribution < 1.29 is 9.84 Å². The number of ether oxygens (including phenoxy) is 1. The Morgan fingerprint density at radius 3 is 2.88 bits per heavy atom. The van der Waals surface area contributed by atoms with Crippen molar-refractivity contribution in [1.82, 2.24) is 15.0 Å². The second-order valence-electron chi connectivity index (χ2n) is 5.96. The van der Waals surface area contributed by atoms with Crippen molar-refractivity contribution in [3.63, 3.8) is 0 Å². The van der Waals surface area contributed by atoms with E-state index < -0.39 is 0 Å². The van der Waals surface area contributed by atoms with E-state index >= 15 is 0 Å². The van der Waals surface area contributed by atoms with E-state index in [4.69, 9.17) is 4.74 Å². The number of hydrogen-bond acceptors (Lipinski definition) is 6. The molecular weight excluding hydrogens is 316 g/mol. The van der Waals surface area contributed by atoms with Crippen molar-refractivity contribution in [3.8, 4) is 22.6 Å². The zero-order valence-electron chi connectivity index (χ0n) is 13.9. The van der Waals surface area contributed by atoms with Crippen LogP contribution in [0.25, 0.3) is 11.1 Å². The fourth-order valence-electron chi connectivity index (χ4n) is 3.01. The molecule has 1 aliphatic rings. The van der Waals surface area contributed by atoms with Gasteiger partial charge in [-0.25, -0.2) is 9.97 Å². The van der Waals surface area contributed by atoms with Crippen molar-refractivity contribution in [2.75, 3.05) is 18.1 Å². The average Bonchev–Trinajstić information content (AvgIpc) is 2.85. The second kappa shape index (κ2) is 6.39. The Bertz CT molecular complexity index is 899. The predicted octanol–water partition coefficient (Wildman–Crippen LogP) is 2.95. The van der Waals surface area contributed by atoms with E-state index in [9.17, 15) is 5.11 Å². The molecule has 3 heterocycles. The molecule has 4 rings (SSSR count). The number of aryl methyl sites for hydroxylation is 1. The highest BCUT2D eigenvalue weighted by molar-refractivity contribution is 5.68. The van der Waals surface area contributed by atoms with Gasteiger partial charge in [0.25, 0.3) is 0 Å². The number of hydrogen-bond donors (Lipinski definition) is 1. The van der Waals surface area contributed by atoms with Crippen molar-refractivity contribution in [1.29, 1.82) is 0 Å². The molecule has 6 nitrogen and oxygen atoms in total. The normalized spacial score (nSPS) is 13.7. The summed E-state index contributed by atoms with van der Waals surface area (Å²) >= 11 is 0. The maximum Gasteiger partial charge on any atom is 0.166 e. The summed E-state index contributed by atoms with van der Waals surface area (Å²) in [6.45, 7) is 3.65. The van der Waals surface area contributed by atoms with E-state index in [0.717, 1.165) is 28.3 Å². The average molecular weight is 334 g/mol. The summed E-state index contributed by atoms with van der Waals surface area (Å²) in [5, 5.41) is 10.4. The van der Waals surface area contributed by atoms with Gasteiger partial charge in [-0.1, -0.05) is 6.07 Å². The number of aromatic hydroxyl groups is 1. The van der Waals surface area contributed by atoms with Crippen LogP contribution < -0.4 is 9.64 Å². The van der Waals surface area contributed by atoms with Gasteiger partial charge in [-0.05, 0) is 36.8 Å². The van der Waals surface area contributed by atoms with Gasteiger partial charge in [0.1, 0.15) is 18.2 Å². The molecule has 25 heavy (non-hydrogen) atoms. The van der Waals surface area contributed by atoms with Gasteiger partial charge in [0.05, 0.1) is 6.54 Å². The molecule has 1 aromatic carbocycles. The third-order valence-electron chi connectivity index (χ3n) is 4.20. The number of nitrogens with zero attached hydrogens (tertiary/aromatic N) is 4. The Morgan fingerprint density at radius 1 is 1.16 bits per heavy atom. The van der Waals surface area contributed by atoms with Crippen LogP contribution in [0.2, 0.25) is 0 Å². The molecule has 0 bridgehead atoms. The molecule has 6 heteroatoms. The van der Waals surface area contributed by atoms with Crippen LogP contribution in [0.3, 0.4) is 0 Å². The number of aromatic nitrogens is 3. The van der Waals surface area contributed by atoms with Gasteiger partial charge in [0, 0.05) is 36.3 Å². The zero-order chi connectivity index (χ0) is 17.2. The first-order chi connectivity index (χ1) is 12.2. The first-order valence-corrected chi connectivity index (χ1v) is 8.14. The lowest BCUT2D eigenvalue weighted by molar-refractivity contribution is 0.311. The minimum atomic E-state index is 0.150. The molecule has 0 atom stereocenters. The summed E-state index contributed by atoms with van der Waals surface area (Å²) in [4.78, 5) is 14.9. The Balaban J connectivity index is 1.74. The molecule has 126 valence electrons. The van der Waals surface area contributed by atoms with E-state index in [2.05, 4.69) is 19.9 Å². The number of benzene rings is 1. The van der Waals surface area contributed by atoms with Crippen molar-refractivity contribution in [2.24, 2.45) is 0 Å². The third kappa shape index (κ3) is 3.10. The molecule has 0 spiro atoms. The number of anilines is 1. The van der Waals surface area contributed by atoms with Crippen LogP contribution in [0.15, 0.2) is 48.9 Å². The highest BCUT2D eigenvalue weighted by atomic mass is 16.5. The van der Waals surface area contributed by atoms with Gasteiger partial charge in [-0.2, -0.15) is 0 Å². The van der Waals surface area contributed by atoms with Crippen LogP contribution in [0.1, 0.15) is 11.4 Å². The number of fused-ring (bicyclic) bond motifs is 1. The third-order valence-corrected chi connectivity index (χ3v) is 4.20. The number of phenolic OH excluding ortho intramolecular Hbond substituents is 1. The Labute approximate surface area is 145 Å². The minimum Gasteiger partial charge on any atom is -0.504 e. The lowest BCUT2D eigenvalue weighted by Crippen LogP contribution is -2.26. The number of phenols is 1. The van der Waals surface area contributed by atoms with Crippen molar-refractivity contribution >= 4 is 5.82 Å². The zero-order valence-corrected chi connectivity index (χ0v) is 13.9. The minimum absolute atomic E-state index is 0.150. The molecule has 0 aliphatic carbocycles. The fraction of sp³-hybridized carbons (Fsp3) is 0.211. The van der Waals surface area contributed by atoms with Crippen LogP contribution in [0.5, 0.6) is 11.5 Å². The molecule has 3 aromatic rings. The summed E-state index contributed by atoms with van der Waals surface area (Å²) < 4.78 is 5.80. The smallest absolute Gasteiger partial charge is 0.166 e. The van der Waals surface area contributed by atoms with Gasteiger partial charge in [0.2, 0.25) is 0 Å². The van der Waals surface area contributed by atoms with Gasteiger partial charge >= 0.3 is 0 Å².